The van der Waals surface area contributed by atoms with E-state index in [0.29, 0.717) is 5.92 Å². The van der Waals surface area contributed by atoms with E-state index >= 15 is 0 Å². The first kappa shape index (κ1) is 22.8. The Balaban J connectivity index is 0.000000858. The fourth-order valence-corrected chi connectivity index (χ4v) is 4.76. The van der Waals surface area contributed by atoms with Crippen LogP contribution in [0.3, 0.4) is 0 Å². The second kappa shape index (κ2) is 9.49. The molecule has 0 saturated heterocycles. The SMILES string of the molecule is Cc1ccc2c(c1)CC(c1cccn1C(=O)OC(C)(C)C)=C2C1CCCCC1.O=C=O. The van der Waals surface area contributed by atoms with Crippen molar-refractivity contribution in [3.8, 4) is 0 Å². The van der Waals surface area contributed by atoms with Crippen LogP contribution in [0, 0.1) is 12.8 Å². The number of carbonyl (C=O) groups excluding carboxylic acids is 3. The summed E-state index contributed by atoms with van der Waals surface area (Å²) in [6.45, 7) is 7.89. The van der Waals surface area contributed by atoms with Gasteiger partial charge in [-0.05, 0) is 80.9 Å². The van der Waals surface area contributed by atoms with Gasteiger partial charge in [0.05, 0.1) is 5.69 Å². The van der Waals surface area contributed by atoms with Crippen molar-refractivity contribution in [2.24, 2.45) is 5.92 Å². The van der Waals surface area contributed by atoms with Crippen molar-refractivity contribution in [1.82, 2.24) is 4.57 Å². The topological polar surface area (TPSA) is 65.4 Å². The van der Waals surface area contributed by atoms with Crippen molar-refractivity contribution in [2.45, 2.75) is 71.8 Å². The quantitative estimate of drug-likeness (QED) is 0.593. The first-order valence-electron chi connectivity index (χ1n) is 11.0. The van der Waals surface area contributed by atoms with E-state index in [1.165, 1.54) is 59.9 Å². The molecule has 5 heteroatoms. The molecule has 0 aliphatic heterocycles. The lowest BCUT2D eigenvalue weighted by molar-refractivity contribution is -0.191. The Kier molecular flexibility index (Phi) is 6.97. The van der Waals surface area contributed by atoms with E-state index in [1.807, 2.05) is 33.0 Å². The lowest BCUT2D eigenvalue weighted by Crippen LogP contribution is -2.27. The summed E-state index contributed by atoms with van der Waals surface area (Å²) in [5, 5.41) is 0. The van der Waals surface area contributed by atoms with Gasteiger partial charge >= 0.3 is 12.2 Å². The van der Waals surface area contributed by atoms with E-state index in [4.69, 9.17) is 14.3 Å². The molecule has 31 heavy (non-hydrogen) atoms. The molecule has 1 fully saturated rings. The fourth-order valence-electron chi connectivity index (χ4n) is 4.76. The molecule has 1 aromatic heterocycles. The zero-order valence-electron chi connectivity index (χ0n) is 18.9. The summed E-state index contributed by atoms with van der Waals surface area (Å²) in [4.78, 5) is 29.1. The third-order valence-electron chi connectivity index (χ3n) is 5.90. The number of hydrogen-bond donors (Lipinski definition) is 0. The molecule has 1 heterocycles. The molecule has 2 aromatic rings. The standard InChI is InChI=1S/C25H31NO2.CO2/c1-17-12-13-20-19(15-17)16-21(23(20)18-9-6-5-7-10-18)22-11-8-14-26(22)24(27)28-25(2,3)4;2-1-3/h8,11-15,18H,5-7,9-10,16H2,1-4H3;. The van der Waals surface area contributed by atoms with Gasteiger partial charge in [0.2, 0.25) is 0 Å². The third-order valence-corrected chi connectivity index (χ3v) is 5.90. The summed E-state index contributed by atoms with van der Waals surface area (Å²) < 4.78 is 7.36. The van der Waals surface area contributed by atoms with Crippen LogP contribution in [0.15, 0.2) is 36.5 Å². The monoisotopic (exact) mass is 421 g/mol. The third kappa shape index (κ3) is 5.23. The number of aromatic nitrogens is 1. The summed E-state index contributed by atoms with van der Waals surface area (Å²) in [6.07, 6.45) is 9.13. The summed E-state index contributed by atoms with van der Waals surface area (Å²) >= 11 is 0. The minimum absolute atomic E-state index is 0.250. The van der Waals surface area contributed by atoms with Gasteiger partial charge in [-0.15, -0.1) is 0 Å². The Labute approximate surface area is 184 Å². The molecule has 5 nitrogen and oxygen atoms in total. The van der Waals surface area contributed by atoms with Gasteiger partial charge < -0.3 is 4.74 Å². The first-order valence-corrected chi connectivity index (χ1v) is 11.0. The summed E-state index contributed by atoms with van der Waals surface area (Å²) in [5.41, 5.74) is 7.35. The van der Waals surface area contributed by atoms with Crippen molar-refractivity contribution in [3.63, 3.8) is 0 Å². The van der Waals surface area contributed by atoms with Crippen LogP contribution in [0.2, 0.25) is 0 Å². The molecule has 0 N–H and O–H groups in total. The van der Waals surface area contributed by atoms with E-state index in [-0.39, 0.29) is 12.2 Å². The highest BCUT2D eigenvalue weighted by atomic mass is 16.6. The first-order chi connectivity index (χ1) is 14.7. The molecule has 0 amide bonds. The molecule has 164 valence electrons. The number of allylic oxidation sites excluding steroid dienone is 2. The zero-order chi connectivity index (χ0) is 22.6. The highest BCUT2D eigenvalue weighted by molar-refractivity contribution is 5.98. The van der Waals surface area contributed by atoms with Crippen molar-refractivity contribution in [2.75, 3.05) is 0 Å². The Morgan fingerprint density at radius 3 is 2.42 bits per heavy atom. The predicted octanol–water partition coefficient (Wildman–Crippen LogP) is 6.04. The zero-order valence-corrected chi connectivity index (χ0v) is 18.9. The second-order valence-electron chi connectivity index (χ2n) is 9.39. The molecule has 2 aliphatic rings. The predicted molar refractivity (Wildman–Crippen MR) is 119 cm³/mol. The molecular formula is C26H31NO4. The van der Waals surface area contributed by atoms with Crippen LogP contribution in [-0.2, 0) is 20.7 Å². The van der Waals surface area contributed by atoms with Crippen LogP contribution >= 0.6 is 0 Å². The lowest BCUT2D eigenvalue weighted by Gasteiger charge is -2.26. The number of fused-ring (bicyclic) bond motifs is 1. The van der Waals surface area contributed by atoms with Crippen LogP contribution in [0.4, 0.5) is 4.79 Å². The number of ether oxygens (including phenoxy) is 1. The number of hydrogen-bond acceptors (Lipinski definition) is 4. The van der Waals surface area contributed by atoms with Crippen LogP contribution in [0.1, 0.15) is 75.3 Å². The number of nitrogens with zero attached hydrogens (tertiary/aromatic N) is 1. The lowest BCUT2D eigenvalue weighted by atomic mass is 9.80. The number of carbonyl (C=O) groups is 1. The van der Waals surface area contributed by atoms with Gasteiger partial charge in [0.15, 0.2) is 0 Å². The average molecular weight is 422 g/mol. The molecule has 0 atom stereocenters. The highest BCUT2D eigenvalue weighted by Crippen LogP contribution is 2.47. The highest BCUT2D eigenvalue weighted by Gasteiger charge is 2.31. The largest absolute Gasteiger partial charge is 0.443 e. The number of aryl methyl sites for hydroxylation is 1. The number of rotatable bonds is 2. The fraction of sp³-hybridized carbons (Fsp3) is 0.462. The van der Waals surface area contributed by atoms with Crippen LogP contribution in [-0.4, -0.2) is 22.4 Å². The van der Waals surface area contributed by atoms with Crippen LogP contribution < -0.4 is 0 Å². The van der Waals surface area contributed by atoms with Crippen LogP contribution in [0.5, 0.6) is 0 Å². The van der Waals surface area contributed by atoms with Crippen molar-refractivity contribution in [3.05, 3.63) is 58.9 Å². The van der Waals surface area contributed by atoms with Gasteiger partial charge in [-0.25, -0.2) is 4.79 Å². The van der Waals surface area contributed by atoms with Gasteiger partial charge in [0.1, 0.15) is 5.60 Å². The normalized spacial score (nSPS) is 16.3. The minimum atomic E-state index is -0.505. The van der Waals surface area contributed by atoms with E-state index in [0.717, 1.165) is 12.1 Å². The molecule has 0 spiro atoms. The minimum Gasteiger partial charge on any atom is -0.443 e. The summed E-state index contributed by atoms with van der Waals surface area (Å²) in [7, 11) is 0. The smallest absolute Gasteiger partial charge is 0.418 e. The molecular weight excluding hydrogens is 390 g/mol. The van der Waals surface area contributed by atoms with Crippen molar-refractivity contribution >= 4 is 23.4 Å². The Morgan fingerprint density at radius 1 is 1.10 bits per heavy atom. The summed E-state index contributed by atoms with van der Waals surface area (Å²) in [5.74, 6) is 0.592. The Hall–Kier alpha value is -2.91. The molecule has 1 saturated carbocycles. The van der Waals surface area contributed by atoms with Gasteiger partial charge in [-0.3, -0.25) is 4.57 Å². The average Bonchev–Trinajstić information content (AvgIpc) is 3.32. The maximum Gasteiger partial charge on any atom is 0.418 e. The van der Waals surface area contributed by atoms with E-state index < -0.39 is 5.60 Å². The molecule has 0 radical (unpaired) electrons. The van der Waals surface area contributed by atoms with Gasteiger partial charge in [-0.2, -0.15) is 9.59 Å². The van der Waals surface area contributed by atoms with Gasteiger partial charge in [0.25, 0.3) is 0 Å². The second-order valence-corrected chi connectivity index (χ2v) is 9.39. The molecule has 4 rings (SSSR count). The Morgan fingerprint density at radius 2 is 1.77 bits per heavy atom. The van der Waals surface area contributed by atoms with E-state index in [9.17, 15) is 4.79 Å². The molecule has 1 aromatic carbocycles. The maximum atomic E-state index is 12.8. The Bertz CT molecular complexity index is 1010. The van der Waals surface area contributed by atoms with E-state index in [2.05, 4.69) is 31.2 Å². The van der Waals surface area contributed by atoms with Crippen molar-refractivity contribution in [1.29, 1.82) is 0 Å². The molecule has 0 unspecified atom stereocenters. The number of benzene rings is 1. The van der Waals surface area contributed by atoms with Gasteiger partial charge in [-0.1, -0.05) is 43.0 Å². The molecule has 0 bridgehead atoms. The summed E-state index contributed by atoms with van der Waals surface area (Å²) in [6, 6.07) is 10.9. The molecule has 2 aliphatic carbocycles. The maximum absolute atomic E-state index is 12.8. The van der Waals surface area contributed by atoms with Gasteiger partial charge in [0, 0.05) is 12.6 Å². The van der Waals surface area contributed by atoms with Crippen molar-refractivity contribution < 1.29 is 19.1 Å². The van der Waals surface area contributed by atoms with Crippen LogP contribution in [0.25, 0.3) is 11.1 Å². The van der Waals surface area contributed by atoms with E-state index in [1.54, 1.807) is 4.57 Å².